The molecule has 0 N–H and O–H groups in total. The minimum atomic E-state index is -2.98. The highest BCUT2D eigenvalue weighted by Crippen LogP contribution is 2.18. The van der Waals surface area contributed by atoms with Gasteiger partial charge >= 0.3 is 0 Å². The van der Waals surface area contributed by atoms with Crippen LogP contribution in [-0.4, -0.2) is 34.7 Å². The Bertz CT molecular complexity index is 776. The quantitative estimate of drug-likeness (QED) is 0.855. The molecule has 22 heavy (non-hydrogen) atoms. The number of benzene rings is 1. The van der Waals surface area contributed by atoms with Gasteiger partial charge in [0, 0.05) is 13.0 Å². The van der Waals surface area contributed by atoms with E-state index in [1.807, 2.05) is 30.5 Å². The lowest BCUT2D eigenvalue weighted by atomic mass is 10.1. The van der Waals surface area contributed by atoms with Crippen molar-refractivity contribution in [3.63, 3.8) is 0 Å². The standard InChI is InChI=1S/C15H19N3O3S/c1-11-7-12(2)9-13(8-11)21-10-15-17-16-14-3-5-22(19,20)6-4-18(14)15/h7-9H,3-6,10H2,1-2H3. The highest BCUT2D eigenvalue weighted by molar-refractivity contribution is 7.91. The van der Waals surface area contributed by atoms with Crippen LogP contribution in [0.3, 0.4) is 0 Å². The second-order valence-corrected chi connectivity index (χ2v) is 8.00. The molecule has 0 aliphatic carbocycles. The molecule has 0 amide bonds. The summed E-state index contributed by atoms with van der Waals surface area (Å²) in [6.07, 6.45) is 0.416. The maximum Gasteiger partial charge on any atom is 0.171 e. The van der Waals surface area contributed by atoms with Crippen LogP contribution < -0.4 is 4.74 Å². The summed E-state index contributed by atoms with van der Waals surface area (Å²) in [6.45, 7) is 4.73. The predicted octanol–water partition coefficient (Wildman–Crippen LogP) is 1.44. The molecule has 0 unspecified atom stereocenters. The molecular formula is C15H19N3O3S. The van der Waals surface area contributed by atoms with Crippen LogP contribution >= 0.6 is 0 Å². The van der Waals surface area contributed by atoms with Crippen LogP contribution in [0.1, 0.15) is 22.8 Å². The molecule has 1 aromatic carbocycles. The largest absolute Gasteiger partial charge is 0.486 e. The van der Waals surface area contributed by atoms with Gasteiger partial charge in [-0.3, -0.25) is 0 Å². The summed E-state index contributed by atoms with van der Waals surface area (Å²) in [5, 5.41) is 8.24. The Balaban J connectivity index is 1.76. The van der Waals surface area contributed by atoms with Gasteiger partial charge in [0.1, 0.15) is 18.2 Å². The molecule has 118 valence electrons. The van der Waals surface area contributed by atoms with E-state index in [-0.39, 0.29) is 18.1 Å². The van der Waals surface area contributed by atoms with E-state index in [0.29, 0.717) is 18.8 Å². The number of nitrogens with zero attached hydrogens (tertiary/aromatic N) is 3. The van der Waals surface area contributed by atoms with Crippen LogP contribution in [-0.2, 0) is 29.4 Å². The van der Waals surface area contributed by atoms with Gasteiger partial charge in [-0.15, -0.1) is 10.2 Å². The smallest absolute Gasteiger partial charge is 0.171 e. The summed E-state index contributed by atoms with van der Waals surface area (Å²) in [5.41, 5.74) is 2.28. The van der Waals surface area contributed by atoms with Gasteiger partial charge < -0.3 is 9.30 Å². The van der Waals surface area contributed by atoms with Crippen LogP contribution in [0.2, 0.25) is 0 Å². The number of aryl methyl sites for hydroxylation is 3. The number of ether oxygens (including phenoxy) is 1. The zero-order chi connectivity index (χ0) is 15.7. The first-order valence-electron chi connectivity index (χ1n) is 7.25. The first-order valence-corrected chi connectivity index (χ1v) is 9.07. The molecular weight excluding hydrogens is 302 g/mol. The molecule has 1 aromatic heterocycles. The van der Waals surface area contributed by atoms with E-state index in [4.69, 9.17) is 4.74 Å². The monoisotopic (exact) mass is 321 g/mol. The van der Waals surface area contributed by atoms with Gasteiger partial charge in [0.25, 0.3) is 0 Å². The SMILES string of the molecule is Cc1cc(C)cc(OCc2nnc3n2CCS(=O)(=O)CC3)c1. The van der Waals surface area contributed by atoms with Crippen molar-refractivity contribution in [1.82, 2.24) is 14.8 Å². The second-order valence-electron chi connectivity index (χ2n) is 5.70. The van der Waals surface area contributed by atoms with Crippen LogP contribution in [0.15, 0.2) is 18.2 Å². The first kappa shape index (κ1) is 15.0. The summed E-state index contributed by atoms with van der Waals surface area (Å²) >= 11 is 0. The van der Waals surface area contributed by atoms with E-state index < -0.39 is 9.84 Å². The van der Waals surface area contributed by atoms with Gasteiger partial charge in [-0.05, 0) is 37.1 Å². The van der Waals surface area contributed by atoms with Gasteiger partial charge in [0.05, 0.1) is 11.5 Å². The molecule has 0 radical (unpaired) electrons. The van der Waals surface area contributed by atoms with E-state index >= 15 is 0 Å². The van der Waals surface area contributed by atoms with E-state index in [0.717, 1.165) is 22.7 Å². The lowest BCUT2D eigenvalue weighted by Crippen LogP contribution is -2.14. The Hall–Kier alpha value is -1.89. The highest BCUT2D eigenvalue weighted by Gasteiger charge is 2.22. The summed E-state index contributed by atoms with van der Waals surface area (Å²) in [6, 6.07) is 6.02. The van der Waals surface area contributed by atoms with Crippen molar-refractivity contribution in [2.45, 2.75) is 33.4 Å². The van der Waals surface area contributed by atoms with Crippen LogP contribution in [0.25, 0.3) is 0 Å². The summed E-state index contributed by atoms with van der Waals surface area (Å²) in [5.74, 6) is 2.46. The number of sulfone groups is 1. The topological polar surface area (TPSA) is 74.1 Å². The van der Waals surface area contributed by atoms with Gasteiger partial charge in [-0.1, -0.05) is 6.07 Å². The van der Waals surface area contributed by atoms with Crippen LogP contribution in [0.5, 0.6) is 5.75 Å². The molecule has 0 fully saturated rings. The van der Waals surface area contributed by atoms with Crippen LogP contribution in [0, 0.1) is 13.8 Å². The van der Waals surface area contributed by atoms with Crippen molar-refractivity contribution in [3.8, 4) is 5.75 Å². The molecule has 6 nitrogen and oxygen atoms in total. The van der Waals surface area contributed by atoms with Crippen molar-refractivity contribution in [2.75, 3.05) is 11.5 Å². The normalized spacial score (nSPS) is 16.8. The van der Waals surface area contributed by atoms with Crippen molar-refractivity contribution < 1.29 is 13.2 Å². The van der Waals surface area contributed by atoms with E-state index in [1.54, 1.807) is 0 Å². The van der Waals surface area contributed by atoms with Gasteiger partial charge in [0.15, 0.2) is 15.7 Å². The Labute approximate surface area is 130 Å². The number of hydrogen-bond donors (Lipinski definition) is 0. The molecule has 0 saturated heterocycles. The van der Waals surface area contributed by atoms with Crippen LogP contribution in [0.4, 0.5) is 0 Å². The van der Waals surface area contributed by atoms with Gasteiger partial charge in [0.2, 0.25) is 0 Å². The maximum atomic E-state index is 11.7. The summed E-state index contributed by atoms with van der Waals surface area (Å²) < 4.78 is 31.1. The predicted molar refractivity (Wildman–Crippen MR) is 82.6 cm³/mol. The maximum absolute atomic E-state index is 11.7. The molecule has 1 aliphatic rings. The summed E-state index contributed by atoms with van der Waals surface area (Å²) in [7, 11) is -2.98. The third-order valence-electron chi connectivity index (χ3n) is 3.73. The molecule has 0 saturated carbocycles. The Kier molecular flexibility index (Phi) is 3.90. The van der Waals surface area contributed by atoms with Gasteiger partial charge in [-0.25, -0.2) is 8.42 Å². The number of rotatable bonds is 3. The fraction of sp³-hybridized carbons (Fsp3) is 0.467. The van der Waals surface area contributed by atoms with Crippen molar-refractivity contribution in [2.24, 2.45) is 0 Å². The minimum Gasteiger partial charge on any atom is -0.486 e. The zero-order valence-electron chi connectivity index (χ0n) is 12.7. The lowest BCUT2D eigenvalue weighted by molar-refractivity contribution is 0.289. The molecule has 3 rings (SSSR count). The molecule has 0 atom stereocenters. The van der Waals surface area contributed by atoms with Crippen molar-refractivity contribution in [3.05, 3.63) is 41.0 Å². The average molecular weight is 321 g/mol. The van der Waals surface area contributed by atoms with Crippen molar-refractivity contribution >= 4 is 9.84 Å². The average Bonchev–Trinajstić information content (AvgIpc) is 2.75. The number of fused-ring (bicyclic) bond motifs is 1. The molecule has 7 heteroatoms. The molecule has 2 aromatic rings. The highest BCUT2D eigenvalue weighted by atomic mass is 32.2. The Morgan fingerprint density at radius 1 is 1.14 bits per heavy atom. The van der Waals surface area contributed by atoms with E-state index in [2.05, 4.69) is 16.3 Å². The number of aromatic nitrogens is 3. The fourth-order valence-corrected chi connectivity index (χ4v) is 3.82. The molecule has 0 bridgehead atoms. The lowest BCUT2D eigenvalue weighted by Gasteiger charge is -2.09. The summed E-state index contributed by atoms with van der Waals surface area (Å²) in [4.78, 5) is 0. The fourth-order valence-electron chi connectivity index (χ4n) is 2.67. The first-order chi connectivity index (χ1) is 10.4. The van der Waals surface area contributed by atoms with Crippen molar-refractivity contribution in [1.29, 1.82) is 0 Å². The molecule has 1 aliphatic heterocycles. The second kappa shape index (κ2) is 5.72. The van der Waals surface area contributed by atoms with E-state index in [1.165, 1.54) is 0 Å². The minimum absolute atomic E-state index is 0.134. The number of hydrogen-bond acceptors (Lipinski definition) is 5. The Morgan fingerprint density at radius 2 is 1.86 bits per heavy atom. The third-order valence-corrected chi connectivity index (χ3v) is 5.36. The van der Waals surface area contributed by atoms with Gasteiger partial charge in [-0.2, -0.15) is 0 Å². The third kappa shape index (κ3) is 3.30. The van der Waals surface area contributed by atoms with E-state index in [9.17, 15) is 8.42 Å². The zero-order valence-corrected chi connectivity index (χ0v) is 13.6. The molecule has 2 heterocycles. The molecule has 0 spiro atoms. The Morgan fingerprint density at radius 3 is 2.59 bits per heavy atom.